The maximum atomic E-state index is 12.7. The summed E-state index contributed by atoms with van der Waals surface area (Å²) in [6.07, 6.45) is 3.41. The van der Waals surface area contributed by atoms with Crippen molar-refractivity contribution in [2.45, 2.75) is 46.0 Å². The summed E-state index contributed by atoms with van der Waals surface area (Å²) in [5, 5.41) is 5.37. The van der Waals surface area contributed by atoms with E-state index < -0.39 is 0 Å². The lowest BCUT2D eigenvalue weighted by molar-refractivity contribution is -0.141. The Balaban J connectivity index is 1.50. The Kier molecular flexibility index (Phi) is 7.61. The van der Waals surface area contributed by atoms with Gasteiger partial charge in [-0.15, -0.1) is 0 Å². The fourth-order valence-electron chi connectivity index (χ4n) is 4.41. The summed E-state index contributed by atoms with van der Waals surface area (Å²) in [5.41, 5.74) is 1.16. The molecule has 3 rings (SSSR count). The largest absolute Gasteiger partial charge is 0.334 e. The van der Waals surface area contributed by atoms with Crippen LogP contribution in [0.3, 0.4) is 0 Å². The molecule has 9 heteroatoms. The maximum absolute atomic E-state index is 12.7. The number of carbonyl (C=O) groups excluding carboxylic acids is 5. The molecular formula is C23H30N4O5. The number of carbonyl (C=O) groups is 5. The van der Waals surface area contributed by atoms with Crippen LogP contribution in [0.5, 0.6) is 0 Å². The van der Waals surface area contributed by atoms with Crippen molar-refractivity contribution in [3.63, 3.8) is 0 Å². The van der Waals surface area contributed by atoms with Crippen LogP contribution in [-0.2, 0) is 24.0 Å². The van der Waals surface area contributed by atoms with Gasteiger partial charge in [0.15, 0.2) is 0 Å². The van der Waals surface area contributed by atoms with E-state index >= 15 is 0 Å². The lowest BCUT2D eigenvalue weighted by Gasteiger charge is -2.22. The standard InChI is InChI=1S/C23H30N4O5/c1-3-26(14-20(29)25-17-10-8-16(9-11-17)24-15(2)28)21(30)12-13-27-22(31)18-6-4-5-7-19(18)23(27)32/h8-11,18-19H,3-7,12-14H2,1-2H3,(H,24,28)(H,25,29)/t18-,19+. The smallest absolute Gasteiger partial charge is 0.243 e. The Morgan fingerprint density at radius 3 is 2.00 bits per heavy atom. The summed E-state index contributed by atoms with van der Waals surface area (Å²) in [7, 11) is 0. The summed E-state index contributed by atoms with van der Waals surface area (Å²) in [6.45, 7) is 3.45. The molecule has 5 amide bonds. The van der Waals surface area contributed by atoms with Crippen LogP contribution in [0.1, 0.15) is 46.0 Å². The summed E-state index contributed by atoms with van der Waals surface area (Å²) in [6, 6.07) is 6.65. The van der Waals surface area contributed by atoms with Crippen molar-refractivity contribution < 1.29 is 24.0 Å². The number of hydrogen-bond acceptors (Lipinski definition) is 5. The molecule has 1 aromatic carbocycles. The van der Waals surface area contributed by atoms with Crippen LogP contribution in [0.15, 0.2) is 24.3 Å². The van der Waals surface area contributed by atoms with Crippen LogP contribution in [0.4, 0.5) is 11.4 Å². The molecule has 1 aliphatic carbocycles. The van der Waals surface area contributed by atoms with Crippen molar-refractivity contribution in [2.24, 2.45) is 11.8 Å². The number of rotatable bonds is 8. The molecule has 2 atom stereocenters. The van der Waals surface area contributed by atoms with Crippen LogP contribution >= 0.6 is 0 Å². The number of likely N-dealkylation sites (N-methyl/N-ethyl adjacent to an activating group) is 1. The van der Waals surface area contributed by atoms with Gasteiger partial charge >= 0.3 is 0 Å². The van der Waals surface area contributed by atoms with E-state index in [-0.39, 0.29) is 60.9 Å². The van der Waals surface area contributed by atoms with E-state index in [0.717, 1.165) is 25.7 Å². The van der Waals surface area contributed by atoms with Gasteiger partial charge in [0.2, 0.25) is 29.5 Å². The van der Waals surface area contributed by atoms with Crippen LogP contribution in [0.2, 0.25) is 0 Å². The zero-order valence-electron chi connectivity index (χ0n) is 18.6. The molecule has 172 valence electrons. The number of imide groups is 1. The molecule has 0 spiro atoms. The molecule has 1 heterocycles. The second kappa shape index (κ2) is 10.4. The Hall–Kier alpha value is -3.23. The zero-order valence-corrected chi connectivity index (χ0v) is 18.6. The molecule has 32 heavy (non-hydrogen) atoms. The van der Waals surface area contributed by atoms with Gasteiger partial charge in [0.25, 0.3) is 0 Å². The Morgan fingerprint density at radius 2 is 1.50 bits per heavy atom. The van der Waals surface area contributed by atoms with Gasteiger partial charge in [0, 0.05) is 37.8 Å². The van der Waals surface area contributed by atoms with Crippen molar-refractivity contribution in [2.75, 3.05) is 30.3 Å². The molecule has 1 saturated carbocycles. The third kappa shape index (κ3) is 5.52. The number of hydrogen-bond donors (Lipinski definition) is 2. The van der Waals surface area contributed by atoms with Gasteiger partial charge in [0.05, 0.1) is 18.4 Å². The number of likely N-dealkylation sites (tertiary alicyclic amines) is 1. The van der Waals surface area contributed by atoms with Crippen LogP contribution < -0.4 is 10.6 Å². The van der Waals surface area contributed by atoms with E-state index in [1.807, 2.05) is 0 Å². The number of anilines is 2. The van der Waals surface area contributed by atoms with Crippen LogP contribution in [-0.4, -0.2) is 59.0 Å². The average Bonchev–Trinajstić information content (AvgIpc) is 3.01. The number of nitrogens with one attached hydrogen (secondary N) is 2. The van der Waals surface area contributed by atoms with E-state index in [1.54, 1.807) is 31.2 Å². The molecule has 0 bridgehead atoms. The van der Waals surface area contributed by atoms with Crippen molar-refractivity contribution >= 4 is 40.9 Å². The highest BCUT2D eigenvalue weighted by Gasteiger charge is 2.47. The first-order chi connectivity index (χ1) is 15.3. The molecule has 1 aliphatic heterocycles. The third-order valence-electron chi connectivity index (χ3n) is 6.04. The van der Waals surface area contributed by atoms with Crippen LogP contribution in [0.25, 0.3) is 0 Å². The molecule has 1 aromatic rings. The maximum Gasteiger partial charge on any atom is 0.243 e. The van der Waals surface area contributed by atoms with E-state index in [0.29, 0.717) is 17.9 Å². The molecule has 0 radical (unpaired) electrons. The predicted octanol–water partition coefficient (Wildman–Crippen LogP) is 2.00. The molecule has 2 fully saturated rings. The first-order valence-electron chi connectivity index (χ1n) is 11.1. The van der Waals surface area contributed by atoms with E-state index in [2.05, 4.69) is 10.6 Å². The molecule has 9 nitrogen and oxygen atoms in total. The highest BCUT2D eigenvalue weighted by atomic mass is 16.2. The van der Waals surface area contributed by atoms with Crippen molar-refractivity contribution in [3.05, 3.63) is 24.3 Å². The van der Waals surface area contributed by atoms with Crippen molar-refractivity contribution in [3.8, 4) is 0 Å². The van der Waals surface area contributed by atoms with E-state index in [4.69, 9.17) is 0 Å². The topological polar surface area (TPSA) is 116 Å². The predicted molar refractivity (Wildman–Crippen MR) is 118 cm³/mol. The number of amides is 5. The first kappa shape index (κ1) is 23.4. The van der Waals surface area contributed by atoms with Gasteiger partial charge < -0.3 is 15.5 Å². The molecular weight excluding hydrogens is 412 g/mol. The lowest BCUT2D eigenvalue weighted by Crippen LogP contribution is -2.40. The molecule has 2 N–H and O–H groups in total. The van der Waals surface area contributed by atoms with Crippen LogP contribution in [0, 0.1) is 11.8 Å². The fraction of sp³-hybridized carbons (Fsp3) is 0.522. The number of benzene rings is 1. The minimum absolute atomic E-state index is 0.00343. The average molecular weight is 443 g/mol. The summed E-state index contributed by atoms with van der Waals surface area (Å²) in [5.74, 6) is -1.58. The Labute approximate surface area is 187 Å². The van der Waals surface area contributed by atoms with Gasteiger partial charge in [-0.2, -0.15) is 0 Å². The lowest BCUT2D eigenvalue weighted by atomic mass is 9.81. The summed E-state index contributed by atoms with van der Waals surface area (Å²) >= 11 is 0. The Bertz CT molecular complexity index is 874. The zero-order chi connectivity index (χ0) is 23.3. The third-order valence-corrected chi connectivity index (χ3v) is 6.04. The molecule has 1 saturated heterocycles. The second-order valence-corrected chi connectivity index (χ2v) is 8.29. The van der Waals surface area contributed by atoms with Gasteiger partial charge in [0.1, 0.15) is 0 Å². The highest BCUT2D eigenvalue weighted by molar-refractivity contribution is 6.05. The second-order valence-electron chi connectivity index (χ2n) is 8.29. The molecule has 0 aromatic heterocycles. The summed E-state index contributed by atoms with van der Waals surface area (Å²) in [4.78, 5) is 63.9. The van der Waals surface area contributed by atoms with Crippen molar-refractivity contribution in [1.29, 1.82) is 0 Å². The van der Waals surface area contributed by atoms with Gasteiger partial charge in [-0.3, -0.25) is 28.9 Å². The van der Waals surface area contributed by atoms with Gasteiger partial charge in [-0.25, -0.2) is 0 Å². The number of nitrogens with zero attached hydrogens (tertiary/aromatic N) is 2. The monoisotopic (exact) mass is 442 g/mol. The minimum atomic E-state index is -0.355. The molecule has 0 unspecified atom stereocenters. The first-order valence-corrected chi connectivity index (χ1v) is 11.1. The molecule has 2 aliphatic rings. The highest BCUT2D eigenvalue weighted by Crippen LogP contribution is 2.38. The van der Waals surface area contributed by atoms with Gasteiger partial charge in [-0.1, -0.05) is 12.8 Å². The van der Waals surface area contributed by atoms with Gasteiger partial charge in [-0.05, 0) is 44.0 Å². The number of fused-ring (bicyclic) bond motifs is 1. The van der Waals surface area contributed by atoms with E-state index in [9.17, 15) is 24.0 Å². The quantitative estimate of drug-likeness (QED) is 0.598. The fourth-order valence-corrected chi connectivity index (χ4v) is 4.41. The minimum Gasteiger partial charge on any atom is -0.334 e. The Morgan fingerprint density at radius 1 is 0.969 bits per heavy atom. The SMILES string of the molecule is CCN(CC(=O)Nc1ccc(NC(C)=O)cc1)C(=O)CCN1C(=O)[C@H]2CCCC[C@H]2C1=O. The van der Waals surface area contributed by atoms with Crippen molar-refractivity contribution in [1.82, 2.24) is 9.80 Å². The van der Waals surface area contributed by atoms with E-state index in [1.165, 1.54) is 16.7 Å². The summed E-state index contributed by atoms with van der Waals surface area (Å²) < 4.78 is 0. The normalized spacial score (nSPS) is 20.0.